The maximum absolute atomic E-state index is 12.7. The van der Waals surface area contributed by atoms with Gasteiger partial charge in [-0.15, -0.1) is 0 Å². The second kappa shape index (κ2) is 7.82. The summed E-state index contributed by atoms with van der Waals surface area (Å²) in [6.45, 7) is 1.48. The van der Waals surface area contributed by atoms with Crippen molar-refractivity contribution in [3.63, 3.8) is 0 Å². The first kappa shape index (κ1) is 19.0. The first-order valence-electron chi connectivity index (χ1n) is 8.61. The Labute approximate surface area is 158 Å². The second-order valence-corrected chi connectivity index (χ2v) is 9.47. The molecule has 1 aliphatic heterocycles. The minimum Gasteiger partial charge on any atom is -0.340 e. The molecule has 1 aromatic rings. The molecule has 0 N–H and O–H groups in total. The Balaban J connectivity index is 1.60. The maximum atomic E-state index is 12.7. The summed E-state index contributed by atoms with van der Waals surface area (Å²) in [4.78, 5) is 14.3. The summed E-state index contributed by atoms with van der Waals surface area (Å²) in [5.74, 6) is 0.656. The van der Waals surface area contributed by atoms with Crippen molar-refractivity contribution in [2.24, 2.45) is 5.92 Å². The molecule has 1 aliphatic carbocycles. The van der Waals surface area contributed by atoms with Gasteiger partial charge in [0.2, 0.25) is 15.9 Å². The Bertz CT molecular complexity index is 740. The van der Waals surface area contributed by atoms with Gasteiger partial charge in [-0.2, -0.15) is 4.31 Å². The average molecular weight is 405 g/mol. The lowest BCUT2D eigenvalue weighted by molar-refractivity contribution is -0.133. The highest BCUT2D eigenvalue weighted by Gasteiger charge is 2.31. The number of nitrogens with zero attached hydrogens (tertiary/aromatic N) is 2. The van der Waals surface area contributed by atoms with E-state index in [2.05, 4.69) is 0 Å². The van der Waals surface area contributed by atoms with Gasteiger partial charge in [0.15, 0.2) is 0 Å². The predicted octanol–water partition coefficient (Wildman–Crippen LogP) is 3.41. The van der Waals surface area contributed by atoms with Crippen molar-refractivity contribution in [3.05, 3.63) is 28.2 Å². The number of amides is 1. The third-order valence-electron chi connectivity index (χ3n) is 5.06. The van der Waals surface area contributed by atoms with E-state index < -0.39 is 10.0 Å². The molecule has 1 saturated heterocycles. The van der Waals surface area contributed by atoms with Crippen LogP contribution < -0.4 is 0 Å². The van der Waals surface area contributed by atoms with Gasteiger partial charge in [-0.05, 0) is 37.0 Å². The third kappa shape index (κ3) is 4.30. The van der Waals surface area contributed by atoms with E-state index in [1.165, 1.54) is 35.3 Å². The second-order valence-electron chi connectivity index (χ2n) is 6.72. The fraction of sp³-hybridized carbons (Fsp3) is 0.588. The zero-order valence-corrected chi connectivity index (χ0v) is 16.3. The highest BCUT2D eigenvalue weighted by molar-refractivity contribution is 7.89. The van der Waals surface area contributed by atoms with E-state index in [1.807, 2.05) is 0 Å². The van der Waals surface area contributed by atoms with Gasteiger partial charge in [-0.1, -0.05) is 36.0 Å². The predicted molar refractivity (Wildman–Crippen MR) is 98.4 cm³/mol. The SMILES string of the molecule is O=C(CC1CCCC1)N1CCN(S(=O)(=O)c2ccc(Cl)c(Cl)c2)CC1. The number of hydrogen-bond donors (Lipinski definition) is 0. The molecular formula is C17H22Cl2N2O3S. The van der Waals surface area contributed by atoms with E-state index in [0.717, 1.165) is 12.8 Å². The van der Waals surface area contributed by atoms with E-state index in [-0.39, 0.29) is 15.8 Å². The summed E-state index contributed by atoms with van der Waals surface area (Å²) in [7, 11) is -3.62. The van der Waals surface area contributed by atoms with Crippen LogP contribution in [0, 0.1) is 5.92 Å². The minimum absolute atomic E-state index is 0.132. The van der Waals surface area contributed by atoms with E-state index in [9.17, 15) is 13.2 Å². The molecule has 8 heteroatoms. The molecule has 1 amide bonds. The molecule has 3 rings (SSSR count). The van der Waals surface area contributed by atoms with Gasteiger partial charge in [-0.25, -0.2) is 8.42 Å². The third-order valence-corrected chi connectivity index (χ3v) is 7.69. The van der Waals surface area contributed by atoms with Crippen LogP contribution in [0.1, 0.15) is 32.1 Å². The molecule has 138 valence electrons. The molecule has 1 heterocycles. The summed E-state index contributed by atoms with van der Waals surface area (Å²) >= 11 is 11.8. The van der Waals surface area contributed by atoms with Crippen LogP contribution in [0.5, 0.6) is 0 Å². The van der Waals surface area contributed by atoms with Crippen molar-refractivity contribution < 1.29 is 13.2 Å². The molecule has 0 spiro atoms. The minimum atomic E-state index is -3.62. The Hall–Kier alpha value is -0.820. The van der Waals surface area contributed by atoms with Crippen molar-refractivity contribution in [1.82, 2.24) is 9.21 Å². The lowest BCUT2D eigenvalue weighted by Crippen LogP contribution is -2.50. The van der Waals surface area contributed by atoms with Crippen molar-refractivity contribution in [3.8, 4) is 0 Å². The van der Waals surface area contributed by atoms with Gasteiger partial charge < -0.3 is 4.90 Å². The number of hydrogen-bond acceptors (Lipinski definition) is 3. The lowest BCUT2D eigenvalue weighted by Gasteiger charge is -2.34. The molecule has 0 aromatic heterocycles. The highest BCUT2D eigenvalue weighted by Crippen LogP contribution is 2.29. The fourth-order valence-electron chi connectivity index (χ4n) is 3.55. The van der Waals surface area contributed by atoms with Crippen LogP contribution in [0.2, 0.25) is 10.0 Å². The molecule has 2 fully saturated rings. The summed E-state index contributed by atoms with van der Waals surface area (Å²) in [6, 6.07) is 4.32. The van der Waals surface area contributed by atoms with Gasteiger partial charge in [0.25, 0.3) is 0 Å². The molecule has 0 atom stereocenters. The smallest absolute Gasteiger partial charge is 0.243 e. The number of sulfonamides is 1. The number of rotatable bonds is 4. The van der Waals surface area contributed by atoms with Gasteiger partial charge in [0.1, 0.15) is 0 Å². The molecule has 0 bridgehead atoms. The normalized spacial score (nSPS) is 20.2. The van der Waals surface area contributed by atoms with Gasteiger partial charge >= 0.3 is 0 Å². The lowest BCUT2D eigenvalue weighted by atomic mass is 10.0. The molecule has 0 radical (unpaired) electrons. The van der Waals surface area contributed by atoms with Crippen molar-refractivity contribution in [2.45, 2.75) is 37.0 Å². The number of piperazine rings is 1. The first-order valence-corrected chi connectivity index (χ1v) is 10.8. The largest absolute Gasteiger partial charge is 0.340 e. The van der Waals surface area contributed by atoms with Crippen LogP contribution >= 0.6 is 23.2 Å². The standard InChI is InChI=1S/C17H22Cl2N2O3S/c18-15-6-5-14(12-16(15)19)25(23,24)21-9-7-20(8-10-21)17(22)11-13-3-1-2-4-13/h5-6,12-13H,1-4,7-11H2. The van der Waals surface area contributed by atoms with Crippen LogP contribution in [-0.2, 0) is 14.8 Å². The average Bonchev–Trinajstić information content (AvgIpc) is 3.10. The van der Waals surface area contributed by atoms with Crippen LogP contribution in [0.3, 0.4) is 0 Å². The quantitative estimate of drug-likeness (QED) is 0.772. The molecule has 1 aromatic carbocycles. The Kier molecular flexibility index (Phi) is 5.93. The van der Waals surface area contributed by atoms with Crippen LogP contribution in [0.25, 0.3) is 0 Å². The number of carbonyl (C=O) groups excluding carboxylic acids is 1. The molecule has 2 aliphatic rings. The van der Waals surface area contributed by atoms with Crippen LogP contribution in [-0.4, -0.2) is 49.7 Å². The van der Waals surface area contributed by atoms with Crippen LogP contribution in [0.15, 0.2) is 23.1 Å². The molecule has 0 unspecified atom stereocenters. The monoisotopic (exact) mass is 404 g/mol. The van der Waals surface area contributed by atoms with Gasteiger partial charge in [-0.3, -0.25) is 4.79 Å². The van der Waals surface area contributed by atoms with Crippen molar-refractivity contribution >= 4 is 39.1 Å². The van der Waals surface area contributed by atoms with Crippen LogP contribution in [0.4, 0.5) is 0 Å². The fourth-order valence-corrected chi connectivity index (χ4v) is 5.37. The highest BCUT2D eigenvalue weighted by atomic mass is 35.5. The van der Waals surface area contributed by atoms with Gasteiger partial charge in [0, 0.05) is 32.6 Å². The number of carbonyl (C=O) groups is 1. The van der Waals surface area contributed by atoms with Gasteiger partial charge in [0.05, 0.1) is 14.9 Å². The Morgan fingerprint density at radius 1 is 1.04 bits per heavy atom. The van der Waals surface area contributed by atoms with Crippen molar-refractivity contribution in [1.29, 1.82) is 0 Å². The van der Waals surface area contributed by atoms with E-state index >= 15 is 0 Å². The summed E-state index contributed by atoms with van der Waals surface area (Å²) in [5.41, 5.74) is 0. The molecule has 25 heavy (non-hydrogen) atoms. The maximum Gasteiger partial charge on any atom is 0.243 e. The zero-order valence-electron chi connectivity index (χ0n) is 14.0. The number of halogens is 2. The molecule has 1 saturated carbocycles. The van der Waals surface area contributed by atoms with E-state index in [1.54, 1.807) is 4.90 Å². The Morgan fingerprint density at radius 2 is 1.68 bits per heavy atom. The zero-order chi connectivity index (χ0) is 18.0. The Morgan fingerprint density at radius 3 is 2.28 bits per heavy atom. The summed E-state index contributed by atoms with van der Waals surface area (Å²) in [5, 5.41) is 0.538. The van der Waals surface area contributed by atoms with E-state index in [4.69, 9.17) is 23.2 Å². The summed E-state index contributed by atoms with van der Waals surface area (Å²) < 4.78 is 26.9. The van der Waals surface area contributed by atoms with E-state index in [0.29, 0.717) is 43.5 Å². The summed E-state index contributed by atoms with van der Waals surface area (Å²) in [6.07, 6.45) is 5.30. The topological polar surface area (TPSA) is 57.7 Å². The molecule has 5 nitrogen and oxygen atoms in total. The first-order chi connectivity index (χ1) is 11.9. The van der Waals surface area contributed by atoms with Crippen molar-refractivity contribution in [2.75, 3.05) is 26.2 Å². The molecular weight excluding hydrogens is 383 g/mol. The number of benzene rings is 1.